The molecule has 0 aliphatic carbocycles. The van der Waals surface area contributed by atoms with Gasteiger partial charge in [-0.1, -0.05) is 30.3 Å². The van der Waals surface area contributed by atoms with Gasteiger partial charge in [0.05, 0.1) is 12.2 Å². The number of rotatable bonds is 3. The summed E-state index contributed by atoms with van der Waals surface area (Å²) in [5.41, 5.74) is 2.61. The second-order valence-corrected chi connectivity index (χ2v) is 7.45. The van der Waals surface area contributed by atoms with Crippen molar-refractivity contribution < 1.29 is 9.47 Å². The molecule has 4 heteroatoms. The van der Waals surface area contributed by atoms with Gasteiger partial charge in [0.25, 0.3) is 0 Å². The Balaban J connectivity index is 1.55. The van der Waals surface area contributed by atoms with Crippen molar-refractivity contribution in [1.82, 2.24) is 4.90 Å². The molecule has 1 saturated heterocycles. The number of ether oxygens (including phenoxy) is 2. The van der Waals surface area contributed by atoms with Gasteiger partial charge >= 0.3 is 0 Å². The molecule has 0 radical (unpaired) electrons. The minimum Gasteiger partial charge on any atom is -0.370 e. The summed E-state index contributed by atoms with van der Waals surface area (Å²) in [6, 6.07) is 12.9. The minimum atomic E-state index is -0.137. The van der Waals surface area contributed by atoms with E-state index in [1.807, 2.05) is 18.4 Å². The fraction of sp³-hybridized carbons (Fsp3) is 0.474. The van der Waals surface area contributed by atoms with E-state index < -0.39 is 0 Å². The molecule has 0 saturated carbocycles. The van der Waals surface area contributed by atoms with Crippen molar-refractivity contribution >= 4 is 11.3 Å². The number of methoxy groups -OCH3 is 1. The van der Waals surface area contributed by atoms with Gasteiger partial charge in [-0.3, -0.25) is 4.90 Å². The van der Waals surface area contributed by atoms with Crippen molar-refractivity contribution in [2.45, 2.75) is 37.6 Å². The predicted molar refractivity (Wildman–Crippen MR) is 92.5 cm³/mol. The molecule has 2 aliphatic heterocycles. The Morgan fingerprint density at radius 1 is 1.30 bits per heavy atom. The summed E-state index contributed by atoms with van der Waals surface area (Å²) in [5, 5.41) is 2.21. The van der Waals surface area contributed by atoms with Crippen molar-refractivity contribution in [1.29, 1.82) is 0 Å². The van der Waals surface area contributed by atoms with Gasteiger partial charge in [-0.25, -0.2) is 0 Å². The summed E-state index contributed by atoms with van der Waals surface area (Å²) < 4.78 is 12.2. The molecule has 4 rings (SSSR count). The average molecular weight is 329 g/mol. The highest BCUT2D eigenvalue weighted by Crippen LogP contribution is 2.45. The molecule has 2 aromatic rings. The van der Waals surface area contributed by atoms with Gasteiger partial charge in [-0.05, 0) is 29.0 Å². The van der Waals surface area contributed by atoms with E-state index in [9.17, 15) is 0 Å². The van der Waals surface area contributed by atoms with Crippen LogP contribution in [0.5, 0.6) is 0 Å². The third-order valence-corrected chi connectivity index (χ3v) is 6.14. The molecule has 23 heavy (non-hydrogen) atoms. The summed E-state index contributed by atoms with van der Waals surface area (Å²) in [4.78, 5) is 3.94. The van der Waals surface area contributed by atoms with E-state index in [-0.39, 0.29) is 11.8 Å². The number of piperidine rings is 1. The van der Waals surface area contributed by atoms with Crippen molar-refractivity contribution in [2.75, 3.05) is 20.3 Å². The van der Waals surface area contributed by atoms with Gasteiger partial charge in [0.1, 0.15) is 6.23 Å². The molecule has 3 nitrogen and oxygen atoms in total. The Morgan fingerprint density at radius 2 is 2.17 bits per heavy atom. The lowest BCUT2D eigenvalue weighted by molar-refractivity contribution is -0.168. The zero-order valence-corrected chi connectivity index (χ0v) is 14.3. The fourth-order valence-corrected chi connectivity index (χ4v) is 4.90. The Kier molecular flexibility index (Phi) is 4.24. The lowest BCUT2D eigenvalue weighted by atomic mass is 9.81. The highest BCUT2D eigenvalue weighted by Gasteiger charge is 2.45. The zero-order chi connectivity index (χ0) is 15.7. The van der Waals surface area contributed by atoms with Gasteiger partial charge in [0.2, 0.25) is 0 Å². The number of likely N-dealkylation sites (tertiary alicyclic amines) is 1. The molecule has 122 valence electrons. The number of hydrogen-bond acceptors (Lipinski definition) is 4. The topological polar surface area (TPSA) is 21.7 Å². The maximum atomic E-state index is 6.32. The standard InChI is InChI=1S/C19H23NO2S/c1-21-18-13-19(16-8-12-23-17(16)7-11-22-19)9-10-20(18)14-15-5-3-2-4-6-15/h2-6,8,12,18H,7,9-11,13-14H2,1H3. The Morgan fingerprint density at radius 3 is 3.00 bits per heavy atom. The Labute approximate surface area is 141 Å². The first-order chi connectivity index (χ1) is 11.3. The van der Waals surface area contributed by atoms with E-state index >= 15 is 0 Å². The third-order valence-electron chi connectivity index (χ3n) is 5.16. The zero-order valence-electron chi connectivity index (χ0n) is 13.5. The summed E-state index contributed by atoms with van der Waals surface area (Å²) in [6.07, 6.45) is 3.12. The van der Waals surface area contributed by atoms with E-state index in [4.69, 9.17) is 9.47 Å². The molecule has 2 aliphatic rings. The monoisotopic (exact) mass is 329 g/mol. The third kappa shape index (κ3) is 2.85. The molecule has 3 heterocycles. The van der Waals surface area contributed by atoms with Crippen LogP contribution >= 0.6 is 11.3 Å². The number of benzene rings is 1. The molecule has 0 N–H and O–H groups in total. The molecule has 2 atom stereocenters. The lowest BCUT2D eigenvalue weighted by Crippen LogP contribution is -2.51. The van der Waals surface area contributed by atoms with Crippen LogP contribution in [0.4, 0.5) is 0 Å². The van der Waals surface area contributed by atoms with Crippen LogP contribution in [0.15, 0.2) is 41.8 Å². The van der Waals surface area contributed by atoms with E-state index in [1.54, 1.807) is 0 Å². The molecule has 0 amide bonds. The quantitative estimate of drug-likeness (QED) is 0.855. The van der Waals surface area contributed by atoms with Crippen LogP contribution < -0.4 is 0 Å². The SMILES string of the molecule is COC1CC2(CCN1Cc1ccccc1)OCCc1sccc12. The van der Waals surface area contributed by atoms with Crippen LogP contribution in [-0.4, -0.2) is 31.4 Å². The molecular formula is C19H23NO2S. The smallest absolute Gasteiger partial charge is 0.113 e. The van der Waals surface area contributed by atoms with Crippen molar-refractivity contribution in [2.24, 2.45) is 0 Å². The highest BCUT2D eigenvalue weighted by molar-refractivity contribution is 7.10. The maximum Gasteiger partial charge on any atom is 0.113 e. The van der Waals surface area contributed by atoms with Crippen LogP contribution in [0.1, 0.15) is 28.8 Å². The maximum absolute atomic E-state index is 6.32. The first-order valence-electron chi connectivity index (χ1n) is 8.32. The van der Waals surface area contributed by atoms with Gasteiger partial charge < -0.3 is 9.47 Å². The first-order valence-corrected chi connectivity index (χ1v) is 9.20. The van der Waals surface area contributed by atoms with E-state index in [0.29, 0.717) is 0 Å². The molecule has 1 aromatic carbocycles. The van der Waals surface area contributed by atoms with Gasteiger partial charge in [-0.15, -0.1) is 11.3 Å². The molecule has 1 spiro atoms. The van der Waals surface area contributed by atoms with Crippen LogP contribution in [0.3, 0.4) is 0 Å². The number of hydrogen-bond donors (Lipinski definition) is 0. The van der Waals surface area contributed by atoms with E-state index in [2.05, 4.69) is 46.7 Å². The molecule has 1 fully saturated rings. The van der Waals surface area contributed by atoms with E-state index in [0.717, 1.165) is 39.0 Å². The van der Waals surface area contributed by atoms with Gasteiger partial charge in [-0.2, -0.15) is 0 Å². The van der Waals surface area contributed by atoms with Crippen LogP contribution in [0.25, 0.3) is 0 Å². The highest BCUT2D eigenvalue weighted by atomic mass is 32.1. The normalized spacial score (nSPS) is 28.0. The van der Waals surface area contributed by atoms with Crippen LogP contribution in [-0.2, 0) is 28.0 Å². The largest absolute Gasteiger partial charge is 0.370 e. The van der Waals surface area contributed by atoms with Gasteiger partial charge in [0, 0.05) is 37.9 Å². The Bertz CT molecular complexity index is 656. The van der Waals surface area contributed by atoms with Crippen molar-refractivity contribution in [3.63, 3.8) is 0 Å². The number of thiophene rings is 1. The van der Waals surface area contributed by atoms with Gasteiger partial charge in [0.15, 0.2) is 0 Å². The van der Waals surface area contributed by atoms with E-state index in [1.165, 1.54) is 16.0 Å². The summed E-state index contributed by atoms with van der Waals surface area (Å²) >= 11 is 1.87. The first kappa shape index (κ1) is 15.3. The van der Waals surface area contributed by atoms with Crippen molar-refractivity contribution in [3.05, 3.63) is 57.8 Å². The average Bonchev–Trinajstić information content (AvgIpc) is 3.08. The van der Waals surface area contributed by atoms with Crippen LogP contribution in [0.2, 0.25) is 0 Å². The summed E-state index contributed by atoms with van der Waals surface area (Å²) in [7, 11) is 1.82. The second-order valence-electron chi connectivity index (χ2n) is 6.45. The number of nitrogens with zero attached hydrogens (tertiary/aromatic N) is 1. The predicted octanol–water partition coefficient (Wildman–Crippen LogP) is 3.78. The minimum absolute atomic E-state index is 0.106. The Hall–Kier alpha value is -1.20. The molecule has 0 bridgehead atoms. The lowest BCUT2D eigenvalue weighted by Gasteiger charge is -2.47. The number of fused-ring (bicyclic) bond motifs is 2. The second kappa shape index (κ2) is 6.36. The molecule has 2 unspecified atom stereocenters. The fourth-order valence-electron chi connectivity index (χ4n) is 3.95. The molecule has 1 aromatic heterocycles. The summed E-state index contributed by atoms with van der Waals surface area (Å²) in [5.74, 6) is 0. The van der Waals surface area contributed by atoms with Crippen molar-refractivity contribution in [3.8, 4) is 0 Å². The summed E-state index contributed by atoms with van der Waals surface area (Å²) in [6.45, 7) is 2.78. The van der Waals surface area contributed by atoms with Crippen LogP contribution in [0, 0.1) is 0 Å². The molecular weight excluding hydrogens is 306 g/mol.